The van der Waals surface area contributed by atoms with Crippen LogP contribution in [0.15, 0.2) is 340 Å². The Morgan fingerprint density at radius 1 is 0.190 bits per heavy atom. The van der Waals surface area contributed by atoms with E-state index in [9.17, 15) is 0 Å². The van der Waals surface area contributed by atoms with Gasteiger partial charge in [0.2, 0.25) is 0 Å². The summed E-state index contributed by atoms with van der Waals surface area (Å²) in [4.78, 5) is 32.0. The zero-order chi connectivity index (χ0) is 65.5. The van der Waals surface area contributed by atoms with Crippen molar-refractivity contribution < 1.29 is 0 Å². The van der Waals surface area contributed by atoms with Gasteiger partial charge in [0, 0.05) is 135 Å². The van der Waals surface area contributed by atoms with E-state index in [2.05, 4.69) is 344 Å². The molecule has 0 bridgehead atoms. The molecule has 0 radical (unpaired) electrons. The van der Waals surface area contributed by atoms with E-state index >= 15 is 0 Å². The van der Waals surface area contributed by atoms with E-state index in [0.29, 0.717) is 0 Å². The van der Waals surface area contributed by atoms with Gasteiger partial charge in [-0.15, -0.1) is 0 Å². The molecule has 0 N–H and O–H groups in total. The van der Waals surface area contributed by atoms with E-state index in [1.54, 1.807) is 0 Å². The summed E-state index contributed by atoms with van der Waals surface area (Å²) < 4.78 is 5.15. The molecule has 0 fully saturated rings. The molecule has 0 aliphatic heterocycles. The van der Waals surface area contributed by atoms with Gasteiger partial charge in [0.15, 0.2) is 0 Å². The molecule has 0 unspecified atom stereocenters. The number of hydrogen-bond acceptors (Lipinski definition) is 8. The molecule has 100 heavy (non-hydrogen) atoms. The highest BCUT2D eigenvalue weighted by Crippen LogP contribution is 2.54. The molecule has 7 heterocycles. The fourth-order valence-corrected chi connectivity index (χ4v) is 16.2. The Kier molecular flexibility index (Phi) is 12.2. The van der Waals surface area contributed by atoms with E-state index in [1.165, 1.54) is 0 Å². The molecule has 14 aromatic carbocycles. The molecule has 0 saturated carbocycles. The van der Waals surface area contributed by atoms with Gasteiger partial charge in [-0.3, -0.25) is 9.97 Å². The zero-order valence-electron chi connectivity index (χ0n) is 53.8. The maximum atomic E-state index is 6.16. The lowest BCUT2D eigenvalue weighted by molar-refractivity contribution is 1.28. The van der Waals surface area contributed by atoms with Crippen LogP contribution in [0.25, 0.3) is 120 Å². The summed E-state index contributed by atoms with van der Waals surface area (Å²) in [6, 6.07) is 118. The highest BCUT2D eigenvalue weighted by molar-refractivity contribution is 6.41. The Hall–Kier alpha value is -13.7. The summed E-state index contributed by atoms with van der Waals surface area (Å²) in [6.07, 6.45) is 3.71. The Morgan fingerprint density at radius 3 is 0.760 bits per heavy atom. The molecule has 10 heteroatoms. The molecule has 0 saturated heterocycles. The Labute approximate surface area is 573 Å². The largest absolute Gasteiger partial charge is 0.310 e. The predicted molar refractivity (Wildman–Crippen MR) is 416 cm³/mol. The standard InChI is InChI=1S/C90H56N10/c1-9-27-57(28-10-1)95(58-29-11-2-12-30-58)65-45-47-77-71(51-65)73-53-67(97(61-35-17-5-18-36-61)62-37-19-6-20-38-62)55-75-79-85-86(94-84-70-44-26-50-92-82(70)81-69(83(84)93-85)43-25-49-91-81)80-76-56-68(98(63-39-21-7-22-40-63)64-41-23-8-24-42-64)54-74-72-52-66(96(59-31-13-3-14-32-59)60-33-15-4-16-34-60)46-48-78(72)100(88(74)76)90(80)89(79)99(77)87(73)75/h1-56H. The molecule has 0 aliphatic carbocycles. The van der Waals surface area contributed by atoms with Crippen molar-refractivity contribution >= 4 is 188 Å². The number of aromatic nitrogens is 6. The average Bonchev–Trinajstić information content (AvgIpc) is 1.49. The number of para-hydroxylation sites is 8. The van der Waals surface area contributed by atoms with Crippen molar-refractivity contribution in [2.75, 3.05) is 19.6 Å². The number of anilines is 12. The summed E-state index contributed by atoms with van der Waals surface area (Å²) in [7, 11) is 0. The zero-order valence-corrected chi connectivity index (χ0v) is 53.8. The van der Waals surface area contributed by atoms with Gasteiger partial charge in [0.05, 0.1) is 55.2 Å². The maximum absolute atomic E-state index is 6.16. The number of benzene rings is 14. The molecular weight excluding hydrogens is 1220 g/mol. The molecule has 0 spiro atoms. The van der Waals surface area contributed by atoms with Crippen LogP contribution >= 0.6 is 0 Å². The minimum atomic E-state index is 0.768. The van der Waals surface area contributed by atoms with Crippen LogP contribution in [0.4, 0.5) is 68.2 Å². The smallest absolute Gasteiger partial charge is 0.100 e. The topological polar surface area (TPSA) is 73.3 Å². The van der Waals surface area contributed by atoms with Crippen LogP contribution in [0.1, 0.15) is 0 Å². The molecule has 21 rings (SSSR count). The van der Waals surface area contributed by atoms with Gasteiger partial charge in [-0.1, -0.05) is 146 Å². The van der Waals surface area contributed by atoms with Crippen LogP contribution in [-0.4, -0.2) is 28.7 Å². The Bertz CT molecular complexity index is 6190. The van der Waals surface area contributed by atoms with Crippen molar-refractivity contribution in [3.8, 4) is 0 Å². The van der Waals surface area contributed by atoms with Crippen LogP contribution < -0.4 is 19.6 Å². The average molecular weight is 1280 g/mol. The van der Waals surface area contributed by atoms with E-state index in [1.807, 2.05) is 24.5 Å². The molecule has 466 valence electrons. The minimum absolute atomic E-state index is 0.768. The van der Waals surface area contributed by atoms with Gasteiger partial charge in [0.1, 0.15) is 11.0 Å². The van der Waals surface area contributed by atoms with Crippen LogP contribution in [0.5, 0.6) is 0 Å². The lowest BCUT2D eigenvalue weighted by atomic mass is 9.99. The first-order chi connectivity index (χ1) is 49.7. The van der Waals surface area contributed by atoms with E-state index in [-0.39, 0.29) is 0 Å². The SMILES string of the molecule is c1ccc(N(c2ccccc2)c2ccc3c(c2)c2cc(N(c4ccccc4)c4ccccc4)cc4c5c6nc7c8cccnc8c8ncccc8c7nc6c6c7cc(N(c8ccccc8)c8ccccc8)cc8c9cc(N(c%10ccccc%10)c%10ccccc%10)ccc9n(c87)c6c5n3c24)cc1. The Balaban J connectivity index is 0.993. The first kappa shape index (κ1) is 55.6. The van der Waals surface area contributed by atoms with Gasteiger partial charge >= 0.3 is 0 Å². The summed E-state index contributed by atoms with van der Waals surface area (Å²) in [5.41, 5.74) is 23.6. The third-order valence-electron chi connectivity index (χ3n) is 20.2. The first-order valence-electron chi connectivity index (χ1n) is 33.9. The summed E-state index contributed by atoms with van der Waals surface area (Å²) in [5, 5.41) is 10.3. The summed E-state index contributed by atoms with van der Waals surface area (Å²) >= 11 is 0. The Morgan fingerprint density at radius 2 is 0.460 bits per heavy atom. The molecule has 0 atom stereocenters. The van der Waals surface area contributed by atoms with Crippen molar-refractivity contribution in [1.29, 1.82) is 0 Å². The van der Waals surface area contributed by atoms with Gasteiger partial charge < -0.3 is 28.4 Å². The molecular formula is C90H56N10. The number of pyridine rings is 2. The number of rotatable bonds is 12. The lowest BCUT2D eigenvalue weighted by Gasteiger charge is -2.26. The number of nitrogens with zero attached hydrogens (tertiary/aromatic N) is 10. The van der Waals surface area contributed by atoms with Gasteiger partial charge in [-0.25, -0.2) is 9.97 Å². The monoisotopic (exact) mass is 1280 g/mol. The quantitative estimate of drug-likeness (QED) is 0.0885. The second kappa shape index (κ2) is 21.9. The van der Waals surface area contributed by atoms with Crippen molar-refractivity contribution in [3.63, 3.8) is 0 Å². The summed E-state index contributed by atoms with van der Waals surface area (Å²) in [5.74, 6) is 0. The van der Waals surface area contributed by atoms with Crippen molar-refractivity contribution in [2.45, 2.75) is 0 Å². The minimum Gasteiger partial charge on any atom is -0.310 e. The molecule has 0 amide bonds. The summed E-state index contributed by atoms with van der Waals surface area (Å²) in [6.45, 7) is 0. The fraction of sp³-hybridized carbons (Fsp3) is 0. The van der Waals surface area contributed by atoms with Gasteiger partial charge in [-0.2, -0.15) is 0 Å². The van der Waals surface area contributed by atoms with Crippen molar-refractivity contribution in [1.82, 2.24) is 28.7 Å². The van der Waals surface area contributed by atoms with Crippen molar-refractivity contribution in [3.05, 3.63) is 340 Å². The molecule has 0 aliphatic rings. The van der Waals surface area contributed by atoms with Crippen LogP contribution in [-0.2, 0) is 0 Å². The highest BCUT2D eigenvalue weighted by atomic mass is 15.2. The second-order valence-electron chi connectivity index (χ2n) is 25.7. The second-order valence-corrected chi connectivity index (χ2v) is 25.7. The molecule has 7 aromatic heterocycles. The third kappa shape index (κ3) is 8.25. The fourth-order valence-electron chi connectivity index (χ4n) is 16.2. The maximum Gasteiger partial charge on any atom is 0.100 e. The molecule has 21 aromatic rings. The van der Waals surface area contributed by atoms with E-state index in [4.69, 9.17) is 19.9 Å². The predicted octanol–water partition coefficient (Wildman–Crippen LogP) is 24.1. The van der Waals surface area contributed by atoms with Gasteiger partial charge in [0.25, 0.3) is 0 Å². The first-order valence-corrected chi connectivity index (χ1v) is 33.9. The highest BCUT2D eigenvalue weighted by Gasteiger charge is 2.33. The van der Waals surface area contributed by atoms with E-state index in [0.717, 1.165) is 188 Å². The third-order valence-corrected chi connectivity index (χ3v) is 20.2. The number of hydrogen-bond donors (Lipinski definition) is 0. The van der Waals surface area contributed by atoms with Crippen LogP contribution in [0, 0.1) is 0 Å². The van der Waals surface area contributed by atoms with E-state index < -0.39 is 0 Å². The van der Waals surface area contributed by atoms with Crippen LogP contribution in [0.2, 0.25) is 0 Å². The van der Waals surface area contributed by atoms with Crippen molar-refractivity contribution in [2.24, 2.45) is 0 Å². The normalized spacial score (nSPS) is 12.0. The molecule has 10 nitrogen and oxygen atoms in total. The van der Waals surface area contributed by atoms with Gasteiger partial charge in [-0.05, 0) is 182 Å². The lowest BCUT2D eigenvalue weighted by Crippen LogP contribution is -2.10. The van der Waals surface area contributed by atoms with Crippen LogP contribution in [0.3, 0.4) is 0 Å². The number of fused-ring (bicyclic) bond motifs is 22.